The third kappa shape index (κ3) is 5.21. The Kier molecular flexibility index (Phi) is 6.23. The highest BCUT2D eigenvalue weighted by Crippen LogP contribution is 2.26. The summed E-state index contributed by atoms with van der Waals surface area (Å²) in [6, 6.07) is 0.109. The molecule has 2 atom stereocenters. The Morgan fingerprint density at radius 3 is 2.68 bits per heavy atom. The van der Waals surface area contributed by atoms with Crippen molar-refractivity contribution >= 4 is 15.7 Å². The van der Waals surface area contributed by atoms with Crippen LogP contribution in [-0.4, -0.2) is 69.1 Å². The number of hydrogen-bond donors (Lipinski definition) is 1. The molecule has 1 saturated heterocycles. The maximum absolute atomic E-state index is 12.5. The van der Waals surface area contributed by atoms with Crippen molar-refractivity contribution in [1.29, 1.82) is 0 Å². The third-order valence-electron chi connectivity index (χ3n) is 4.58. The number of sulfone groups is 1. The van der Waals surface area contributed by atoms with Crippen molar-refractivity contribution in [3.8, 4) is 0 Å². The van der Waals surface area contributed by atoms with Crippen molar-refractivity contribution < 1.29 is 17.9 Å². The molecule has 1 aliphatic carbocycles. The number of nitrogens with zero attached hydrogens (tertiary/aromatic N) is 1. The Labute approximate surface area is 133 Å². The van der Waals surface area contributed by atoms with Crippen LogP contribution in [0.3, 0.4) is 0 Å². The topological polar surface area (TPSA) is 75.7 Å². The van der Waals surface area contributed by atoms with Gasteiger partial charge in [-0.2, -0.15) is 0 Å². The molecule has 22 heavy (non-hydrogen) atoms. The first kappa shape index (κ1) is 17.7. The quantitative estimate of drug-likeness (QED) is 0.769. The molecule has 0 aromatic heterocycles. The number of amides is 1. The second kappa shape index (κ2) is 7.75. The zero-order valence-electron chi connectivity index (χ0n) is 13.6. The number of ether oxygens (including phenoxy) is 1. The normalized spacial score (nSPS) is 26.0. The maximum atomic E-state index is 12.5. The molecule has 0 radical (unpaired) electrons. The Morgan fingerprint density at radius 1 is 1.36 bits per heavy atom. The first-order valence-corrected chi connectivity index (χ1v) is 10.2. The van der Waals surface area contributed by atoms with Gasteiger partial charge in [0.1, 0.15) is 15.9 Å². The van der Waals surface area contributed by atoms with E-state index in [0.29, 0.717) is 25.7 Å². The molecule has 1 amide bonds. The second-order valence-electron chi connectivity index (χ2n) is 6.60. The predicted octanol–water partition coefficient (Wildman–Crippen LogP) is 0.569. The summed E-state index contributed by atoms with van der Waals surface area (Å²) in [7, 11) is -2.99. The molecule has 128 valence electrons. The van der Waals surface area contributed by atoms with Crippen LogP contribution >= 0.6 is 0 Å². The lowest BCUT2D eigenvalue weighted by Gasteiger charge is -2.39. The molecule has 0 aromatic carbocycles. The lowest BCUT2D eigenvalue weighted by atomic mass is 10.1. The van der Waals surface area contributed by atoms with Crippen molar-refractivity contribution in [3.63, 3.8) is 0 Å². The average molecular weight is 332 g/mol. The van der Waals surface area contributed by atoms with E-state index in [2.05, 4.69) is 10.2 Å². The Hall–Kier alpha value is -0.660. The van der Waals surface area contributed by atoms with E-state index in [1.807, 2.05) is 6.92 Å². The summed E-state index contributed by atoms with van der Waals surface area (Å²) in [5.41, 5.74) is 0. The summed E-state index contributed by atoms with van der Waals surface area (Å²) in [4.78, 5) is 14.8. The van der Waals surface area contributed by atoms with E-state index in [-0.39, 0.29) is 23.7 Å². The molecule has 1 aliphatic heterocycles. The fraction of sp³-hybridized carbons (Fsp3) is 0.933. The minimum Gasteiger partial charge on any atom is -0.378 e. The molecule has 6 nitrogen and oxygen atoms in total. The zero-order valence-corrected chi connectivity index (χ0v) is 14.4. The number of hydrogen-bond acceptors (Lipinski definition) is 5. The van der Waals surface area contributed by atoms with Gasteiger partial charge in [-0.25, -0.2) is 8.42 Å². The average Bonchev–Trinajstić information content (AvgIpc) is 2.98. The van der Waals surface area contributed by atoms with Crippen LogP contribution in [0.5, 0.6) is 0 Å². The number of nitrogens with one attached hydrogen (secondary N) is 1. The van der Waals surface area contributed by atoms with Gasteiger partial charge in [-0.3, -0.25) is 9.69 Å². The molecule has 1 N–H and O–H groups in total. The zero-order chi connectivity index (χ0) is 16.2. The Bertz CT molecular complexity index is 474. The highest BCUT2D eigenvalue weighted by molar-refractivity contribution is 7.90. The standard InChI is InChI=1S/C15H28N2O4S/c1-12(7-10-22(2,19)20)16-15(18)14-11-21-9-8-17(14)13-5-3-4-6-13/h12-14H,3-11H2,1-2H3,(H,16,18)/t12-,14+/m1/s1. The van der Waals surface area contributed by atoms with E-state index in [9.17, 15) is 13.2 Å². The fourth-order valence-corrected chi connectivity index (χ4v) is 4.10. The fourth-order valence-electron chi connectivity index (χ4n) is 3.32. The molecule has 0 aromatic rings. The summed E-state index contributed by atoms with van der Waals surface area (Å²) in [5, 5.41) is 2.95. The van der Waals surface area contributed by atoms with E-state index in [1.54, 1.807) is 0 Å². The monoisotopic (exact) mass is 332 g/mol. The first-order chi connectivity index (χ1) is 10.4. The molecule has 0 bridgehead atoms. The first-order valence-electron chi connectivity index (χ1n) is 8.18. The highest BCUT2D eigenvalue weighted by Gasteiger charge is 2.35. The van der Waals surface area contributed by atoms with Gasteiger partial charge in [0, 0.05) is 24.9 Å². The minimum absolute atomic E-state index is 0.0346. The van der Waals surface area contributed by atoms with Gasteiger partial charge in [-0.15, -0.1) is 0 Å². The van der Waals surface area contributed by atoms with Gasteiger partial charge < -0.3 is 10.1 Å². The summed E-state index contributed by atoms with van der Waals surface area (Å²) in [6.45, 7) is 3.78. The van der Waals surface area contributed by atoms with E-state index >= 15 is 0 Å². The molecule has 2 aliphatic rings. The van der Waals surface area contributed by atoms with E-state index < -0.39 is 9.84 Å². The van der Waals surface area contributed by atoms with Gasteiger partial charge in [0.2, 0.25) is 5.91 Å². The lowest BCUT2D eigenvalue weighted by molar-refractivity contribution is -0.135. The van der Waals surface area contributed by atoms with Gasteiger partial charge >= 0.3 is 0 Å². The molecule has 1 saturated carbocycles. The third-order valence-corrected chi connectivity index (χ3v) is 5.55. The molecular weight excluding hydrogens is 304 g/mol. The van der Waals surface area contributed by atoms with Crippen LogP contribution in [0.1, 0.15) is 39.0 Å². The summed E-state index contributed by atoms with van der Waals surface area (Å²) >= 11 is 0. The van der Waals surface area contributed by atoms with Gasteiger partial charge in [-0.05, 0) is 26.2 Å². The van der Waals surface area contributed by atoms with E-state index in [0.717, 1.165) is 19.4 Å². The van der Waals surface area contributed by atoms with Crippen LogP contribution in [-0.2, 0) is 19.4 Å². The number of morpholine rings is 1. The summed E-state index contributed by atoms with van der Waals surface area (Å²) in [6.07, 6.45) is 6.46. The second-order valence-corrected chi connectivity index (χ2v) is 8.85. The number of rotatable bonds is 6. The number of carbonyl (C=O) groups excluding carboxylic acids is 1. The Balaban J connectivity index is 1.88. The van der Waals surface area contributed by atoms with Crippen LogP contribution < -0.4 is 5.32 Å². The molecule has 2 rings (SSSR count). The van der Waals surface area contributed by atoms with Crippen LogP contribution in [0.15, 0.2) is 0 Å². The van der Waals surface area contributed by atoms with Crippen LogP contribution in [0, 0.1) is 0 Å². The van der Waals surface area contributed by atoms with Crippen molar-refractivity contribution in [2.75, 3.05) is 31.8 Å². The smallest absolute Gasteiger partial charge is 0.239 e. The van der Waals surface area contributed by atoms with E-state index in [4.69, 9.17) is 4.74 Å². The molecule has 7 heteroatoms. The maximum Gasteiger partial charge on any atom is 0.239 e. The van der Waals surface area contributed by atoms with Crippen molar-refractivity contribution in [2.45, 2.75) is 57.2 Å². The van der Waals surface area contributed by atoms with Gasteiger partial charge in [-0.1, -0.05) is 12.8 Å². The van der Waals surface area contributed by atoms with Crippen molar-refractivity contribution in [2.24, 2.45) is 0 Å². The van der Waals surface area contributed by atoms with Gasteiger partial charge in [0.05, 0.1) is 19.0 Å². The van der Waals surface area contributed by atoms with Crippen LogP contribution in [0.2, 0.25) is 0 Å². The van der Waals surface area contributed by atoms with E-state index in [1.165, 1.54) is 19.1 Å². The lowest BCUT2D eigenvalue weighted by Crippen LogP contribution is -2.57. The largest absolute Gasteiger partial charge is 0.378 e. The van der Waals surface area contributed by atoms with Crippen LogP contribution in [0.4, 0.5) is 0 Å². The van der Waals surface area contributed by atoms with Crippen LogP contribution in [0.25, 0.3) is 0 Å². The minimum atomic E-state index is -2.99. The van der Waals surface area contributed by atoms with Crippen molar-refractivity contribution in [3.05, 3.63) is 0 Å². The van der Waals surface area contributed by atoms with Crippen molar-refractivity contribution in [1.82, 2.24) is 10.2 Å². The van der Waals surface area contributed by atoms with Gasteiger partial charge in [0.25, 0.3) is 0 Å². The number of carbonyl (C=O) groups is 1. The predicted molar refractivity (Wildman–Crippen MR) is 85.5 cm³/mol. The Morgan fingerprint density at radius 2 is 2.05 bits per heavy atom. The summed E-state index contributed by atoms with van der Waals surface area (Å²) < 4.78 is 27.9. The summed E-state index contributed by atoms with van der Waals surface area (Å²) in [5.74, 6) is 0.0645. The van der Waals surface area contributed by atoms with Gasteiger partial charge in [0.15, 0.2) is 0 Å². The molecule has 2 fully saturated rings. The molecule has 1 heterocycles. The molecular formula is C15H28N2O4S. The SMILES string of the molecule is C[C@H](CCS(C)(=O)=O)NC(=O)[C@@H]1COCCN1C1CCCC1. The highest BCUT2D eigenvalue weighted by atomic mass is 32.2. The molecule has 0 spiro atoms. The molecule has 0 unspecified atom stereocenters.